The molecule has 1 aliphatic heterocycles. The molecule has 22 heavy (non-hydrogen) atoms. The molecule has 0 amide bonds. The molecule has 0 N–H and O–H groups in total. The van der Waals surface area contributed by atoms with Gasteiger partial charge in [0, 0.05) is 31.9 Å². The summed E-state index contributed by atoms with van der Waals surface area (Å²) in [5.74, 6) is -0.225. The van der Waals surface area contributed by atoms with Crippen molar-refractivity contribution in [3.63, 3.8) is 0 Å². The van der Waals surface area contributed by atoms with Gasteiger partial charge in [0.1, 0.15) is 12.1 Å². The Balaban J connectivity index is 1.88. The Morgan fingerprint density at radius 1 is 1.05 bits per heavy atom. The van der Waals surface area contributed by atoms with E-state index >= 15 is 0 Å². The van der Waals surface area contributed by atoms with Crippen molar-refractivity contribution in [2.75, 3.05) is 50.6 Å². The summed E-state index contributed by atoms with van der Waals surface area (Å²) in [6.45, 7) is 7.58. The van der Waals surface area contributed by atoms with E-state index in [1.165, 1.54) is 12.1 Å². The Morgan fingerprint density at radius 2 is 1.59 bits per heavy atom. The highest BCUT2D eigenvalue weighted by atomic mass is 31.2. The molecule has 0 radical (unpaired) electrons. The maximum absolute atomic E-state index is 13.0. The minimum atomic E-state index is -3.03. The molecule has 1 aromatic rings. The molecule has 5 nitrogen and oxygen atoms in total. The summed E-state index contributed by atoms with van der Waals surface area (Å²) < 4.78 is 36.2. The summed E-state index contributed by atoms with van der Waals surface area (Å²) in [4.78, 5) is 4.30. The number of halogens is 1. The molecule has 1 aliphatic rings. The van der Waals surface area contributed by atoms with Gasteiger partial charge in [0.25, 0.3) is 0 Å². The van der Waals surface area contributed by atoms with Crippen molar-refractivity contribution in [3.8, 4) is 0 Å². The van der Waals surface area contributed by atoms with Crippen LogP contribution in [0.1, 0.15) is 13.8 Å². The van der Waals surface area contributed by atoms with E-state index in [1.807, 2.05) is 13.8 Å². The van der Waals surface area contributed by atoms with E-state index in [4.69, 9.17) is 9.05 Å². The van der Waals surface area contributed by atoms with Crippen LogP contribution in [0.4, 0.5) is 10.1 Å². The fourth-order valence-corrected chi connectivity index (χ4v) is 4.35. The first-order chi connectivity index (χ1) is 10.6. The second-order valence-corrected chi connectivity index (χ2v) is 7.19. The molecule has 0 unspecified atom stereocenters. The third-order valence-electron chi connectivity index (χ3n) is 3.59. The van der Waals surface area contributed by atoms with Crippen LogP contribution < -0.4 is 4.90 Å². The maximum Gasteiger partial charge on any atom is 0.344 e. The number of hydrogen-bond donors (Lipinski definition) is 0. The van der Waals surface area contributed by atoms with Crippen molar-refractivity contribution < 1.29 is 18.0 Å². The normalized spacial score (nSPS) is 17.0. The van der Waals surface area contributed by atoms with E-state index < -0.39 is 7.60 Å². The van der Waals surface area contributed by atoms with Gasteiger partial charge in [-0.15, -0.1) is 0 Å². The fraction of sp³-hybridized carbons (Fsp3) is 0.600. The lowest BCUT2D eigenvalue weighted by Gasteiger charge is -2.37. The van der Waals surface area contributed by atoms with Gasteiger partial charge in [-0.05, 0) is 38.1 Å². The molecule has 0 bridgehead atoms. The third-order valence-corrected chi connectivity index (χ3v) is 5.64. The maximum atomic E-state index is 13.0. The Hall–Kier alpha value is -0.940. The number of piperazine rings is 1. The zero-order valence-corrected chi connectivity index (χ0v) is 14.1. The van der Waals surface area contributed by atoms with Gasteiger partial charge >= 0.3 is 7.60 Å². The summed E-state index contributed by atoms with van der Waals surface area (Å²) >= 11 is 0. The number of hydrogen-bond acceptors (Lipinski definition) is 5. The van der Waals surface area contributed by atoms with E-state index in [2.05, 4.69) is 9.80 Å². The Labute approximate surface area is 131 Å². The quantitative estimate of drug-likeness (QED) is 0.718. The predicted molar refractivity (Wildman–Crippen MR) is 85.9 cm³/mol. The molecule has 1 saturated heterocycles. The lowest BCUT2D eigenvalue weighted by molar-refractivity contribution is 0.192. The smallest absolute Gasteiger partial charge is 0.344 e. The first-order valence-corrected chi connectivity index (χ1v) is 9.40. The highest BCUT2D eigenvalue weighted by Gasteiger charge is 2.29. The van der Waals surface area contributed by atoms with Crippen LogP contribution in [0.5, 0.6) is 0 Å². The van der Waals surface area contributed by atoms with Gasteiger partial charge in [-0.1, -0.05) is 0 Å². The average Bonchev–Trinajstić information content (AvgIpc) is 2.49. The van der Waals surface area contributed by atoms with Crippen molar-refractivity contribution in [3.05, 3.63) is 30.1 Å². The minimum absolute atomic E-state index is 0.225. The summed E-state index contributed by atoms with van der Waals surface area (Å²) in [7, 11) is -3.03. The molecule has 0 saturated carbocycles. The van der Waals surface area contributed by atoms with Crippen LogP contribution in [0.2, 0.25) is 0 Å². The fourth-order valence-electron chi connectivity index (χ4n) is 2.56. The monoisotopic (exact) mass is 330 g/mol. The molecule has 0 spiro atoms. The first-order valence-electron chi connectivity index (χ1n) is 7.67. The minimum Gasteiger partial charge on any atom is -0.369 e. The van der Waals surface area contributed by atoms with Gasteiger partial charge in [-0.2, -0.15) is 0 Å². The lowest BCUT2D eigenvalue weighted by Crippen LogP contribution is -2.46. The molecule has 124 valence electrons. The van der Waals surface area contributed by atoms with Crippen molar-refractivity contribution in [1.82, 2.24) is 4.90 Å². The lowest BCUT2D eigenvalue weighted by atomic mass is 10.2. The topological polar surface area (TPSA) is 42.0 Å². The molecular formula is C15H24FN2O3P. The van der Waals surface area contributed by atoms with Crippen molar-refractivity contribution in [2.45, 2.75) is 13.8 Å². The molecule has 1 aromatic carbocycles. The van der Waals surface area contributed by atoms with E-state index in [0.29, 0.717) is 19.5 Å². The van der Waals surface area contributed by atoms with Gasteiger partial charge in [0.15, 0.2) is 0 Å². The van der Waals surface area contributed by atoms with Crippen LogP contribution in [-0.2, 0) is 13.6 Å². The van der Waals surface area contributed by atoms with Gasteiger partial charge in [-0.25, -0.2) is 4.39 Å². The zero-order valence-electron chi connectivity index (χ0n) is 13.2. The van der Waals surface area contributed by atoms with Crippen LogP contribution in [-0.4, -0.2) is 50.6 Å². The summed E-state index contributed by atoms with van der Waals surface area (Å²) in [5.41, 5.74) is 1.01. The Kier molecular flexibility index (Phi) is 6.38. The predicted octanol–water partition coefficient (Wildman–Crippen LogP) is 3.17. The molecule has 0 atom stereocenters. The number of anilines is 1. The van der Waals surface area contributed by atoms with Crippen LogP contribution in [0.15, 0.2) is 24.3 Å². The molecule has 1 fully saturated rings. The standard InChI is InChI=1S/C15H24FN2O3P/c1-3-20-22(19,21-4-2)13-17-9-11-18(12-10-17)15-7-5-14(16)6-8-15/h5-8H,3-4,9-13H2,1-2H3. The van der Waals surface area contributed by atoms with Crippen LogP contribution in [0, 0.1) is 5.82 Å². The van der Waals surface area contributed by atoms with E-state index in [-0.39, 0.29) is 5.82 Å². The molecule has 7 heteroatoms. The highest BCUT2D eigenvalue weighted by Crippen LogP contribution is 2.48. The van der Waals surface area contributed by atoms with Crippen molar-refractivity contribution in [2.24, 2.45) is 0 Å². The van der Waals surface area contributed by atoms with E-state index in [9.17, 15) is 8.96 Å². The van der Waals surface area contributed by atoms with E-state index in [1.54, 1.807) is 12.1 Å². The Morgan fingerprint density at radius 3 is 2.09 bits per heavy atom. The Bertz CT molecular complexity index is 494. The highest BCUT2D eigenvalue weighted by molar-refractivity contribution is 7.53. The average molecular weight is 330 g/mol. The van der Waals surface area contributed by atoms with Crippen LogP contribution >= 0.6 is 7.60 Å². The summed E-state index contributed by atoms with van der Waals surface area (Å²) in [6, 6.07) is 6.52. The van der Waals surface area contributed by atoms with Gasteiger partial charge in [0.05, 0.1) is 13.2 Å². The summed E-state index contributed by atoms with van der Waals surface area (Å²) in [6.07, 6.45) is 0.325. The van der Waals surface area contributed by atoms with Crippen LogP contribution in [0.25, 0.3) is 0 Å². The third kappa shape index (κ3) is 4.78. The molecular weight excluding hydrogens is 306 g/mol. The van der Waals surface area contributed by atoms with Crippen molar-refractivity contribution in [1.29, 1.82) is 0 Å². The molecule has 0 aliphatic carbocycles. The molecule has 0 aromatic heterocycles. The second kappa shape index (κ2) is 8.06. The van der Waals surface area contributed by atoms with Crippen molar-refractivity contribution >= 4 is 13.3 Å². The first kappa shape index (κ1) is 17.4. The number of nitrogens with zero attached hydrogens (tertiary/aromatic N) is 2. The molecule has 2 rings (SSSR count). The van der Waals surface area contributed by atoms with Gasteiger partial charge in [-0.3, -0.25) is 9.46 Å². The van der Waals surface area contributed by atoms with Gasteiger partial charge < -0.3 is 13.9 Å². The molecule has 1 heterocycles. The van der Waals surface area contributed by atoms with Gasteiger partial charge in [0.2, 0.25) is 0 Å². The number of benzene rings is 1. The zero-order chi connectivity index (χ0) is 16.0. The van der Waals surface area contributed by atoms with Crippen LogP contribution in [0.3, 0.4) is 0 Å². The number of rotatable bonds is 7. The second-order valence-electron chi connectivity index (χ2n) is 5.17. The SMILES string of the molecule is CCOP(=O)(CN1CCN(c2ccc(F)cc2)CC1)OCC. The van der Waals surface area contributed by atoms with E-state index in [0.717, 1.165) is 31.9 Å². The summed E-state index contributed by atoms with van der Waals surface area (Å²) in [5, 5.41) is 0. The largest absolute Gasteiger partial charge is 0.369 e.